The zero-order valence-electron chi connectivity index (χ0n) is 10.8. The van der Waals surface area contributed by atoms with E-state index in [9.17, 15) is 0 Å². The molecule has 1 heterocycles. The second kappa shape index (κ2) is 5.73. The standard InChI is InChI=1S/C13H23N3/c1-6-8-16-9-11(4)14-13(16)15-12(5)10(3)7-2/h6,9-10,12H,1,7-8H2,2-5H3,(H,14,15). The minimum absolute atomic E-state index is 0.440. The van der Waals surface area contributed by atoms with E-state index in [2.05, 4.69) is 42.2 Å². The Hall–Kier alpha value is -1.25. The van der Waals surface area contributed by atoms with E-state index in [0.717, 1.165) is 18.2 Å². The molecule has 0 aromatic carbocycles. The highest BCUT2D eigenvalue weighted by Gasteiger charge is 2.12. The van der Waals surface area contributed by atoms with Gasteiger partial charge in [0.05, 0.1) is 5.69 Å². The number of allylic oxidation sites excluding steroid dienone is 1. The van der Waals surface area contributed by atoms with Gasteiger partial charge in [0.25, 0.3) is 0 Å². The van der Waals surface area contributed by atoms with Crippen LogP contribution in [0, 0.1) is 12.8 Å². The van der Waals surface area contributed by atoms with Crippen molar-refractivity contribution in [3.8, 4) is 0 Å². The molecule has 3 nitrogen and oxygen atoms in total. The van der Waals surface area contributed by atoms with Crippen molar-refractivity contribution < 1.29 is 0 Å². The molecule has 2 atom stereocenters. The van der Waals surface area contributed by atoms with E-state index in [-0.39, 0.29) is 0 Å². The van der Waals surface area contributed by atoms with E-state index in [1.807, 2.05) is 19.2 Å². The molecule has 1 aromatic heterocycles. The monoisotopic (exact) mass is 221 g/mol. The molecule has 0 saturated carbocycles. The summed E-state index contributed by atoms with van der Waals surface area (Å²) in [6.07, 6.45) is 5.11. The first-order chi connectivity index (χ1) is 7.58. The van der Waals surface area contributed by atoms with Crippen LogP contribution in [0.4, 0.5) is 5.95 Å². The fourth-order valence-corrected chi connectivity index (χ4v) is 1.64. The van der Waals surface area contributed by atoms with Gasteiger partial charge in [0.15, 0.2) is 0 Å². The van der Waals surface area contributed by atoms with Crippen molar-refractivity contribution >= 4 is 5.95 Å². The first-order valence-electron chi connectivity index (χ1n) is 5.99. The minimum atomic E-state index is 0.440. The average Bonchev–Trinajstić information content (AvgIpc) is 2.58. The number of nitrogens with zero attached hydrogens (tertiary/aromatic N) is 2. The second-order valence-corrected chi connectivity index (χ2v) is 4.47. The maximum Gasteiger partial charge on any atom is 0.203 e. The van der Waals surface area contributed by atoms with Crippen molar-refractivity contribution in [2.24, 2.45) is 5.92 Å². The van der Waals surface area contributed by atoms with E-state index in [0.29, 0.717) is 12.0 Å². The molecular weight excluding hydrogens is 198 g/mol. The van der Waals surface area contributed by atoms with Gasteiger partial charge in [-0.05, 0) is 19.8 Å². The second-order valence-electron chi connectivity index (χ2n) is 4.47. The highest BCUT2D eigenvalue weighted by Crippen LogP contribution is 2.15. The van der Waals surface area contributed by atoms with Crippen LogP contribution in [0.3, 0.4) is 0 Å². The van der Waals surface area contributed by atoms with Crippen LogP contribution in [0.15, 0.2) is 18.9 Å². The number of rotatable bonds is 6. The van der Waals surface area contributed by atoms with Crippen LogP contribution < -0.4 is 5.32 Å². The SMILES string of the molecule is C=CCn1cc(C)nc1NC(C)C(C)CC. The molecule has 2 unspecified atom stereocenters. The maximum absolute atomic E-state index is 4.49. The molecule has 0 aliphatic rings. The maximum atomic E-state index is 4.49. The van der Waals surface area contributed by atoms with Crippen LogP contribution in [0.5, 0.6) is 0 Å². The summed E-state index contributed by atoms with van der Waals surface area (Å²) in [5, 5.41) is 3.47. The molecule has 1 rings (SSSR count). The number of nitrogens with one attached hydrogen (secondary N) is 1. The van der Waals surface area contributed by atoms with Crippen LogP contribution in [0.25, 0.3) is 0 Å². The zero-order valence-corrected chi connectivity index (χ0v) is 10.8. The van der Waals surface area contributed by atoms with Crippen molar-refractivity contribution in [3.63, 3.8) is 0 Å². The van der Waals surface area contributed by atoms with Gasteiger partial charge in [-0.3, -0.25) is 0 Å². The highest BCUT2D eigenvalue weighted by atomic mass is 15.2. The number of anilines is 1. The molecule has 0 bridgehead atoms. The van der Waals surface area contributed by atoms with Gasteiger partial charge in [0.1, 0.15) is 0 Å². The summed E-state index contributed by atoms with van der Waals surface area (Å²) < 4.78 is 2.10. The Morgan fingerprint density at radius 1 is 1.56 bits per heavy atom. The van der Waals surface area contributed by atoms with Gasteiger partial charge < -0.3 is 9.88 Å². The van der Waals surface area contributed by atoms with E-state index in [1.165, 1.54) is 6.42 Å². The summed E-state index contributed by atoms with van der Waals surface area (Å²) in [5.74, 6) is 1.60. The quantitative estimate of drug-likeness (QED) is 0.747. The summed E-state index contributed by atoms with van der Waals surface area (Å²) in [6.45, 7) is 13.2. The van der Waals surface area contributed by atoms with Gasteiger partial charge in [-0.2, -0.15) is 0 Å². The first-order valence-corrected chi connectivity index (χ1v) is 5.99. The lowest BCUT2D eigenvalue weighted by Crippen LogP contribution is -2.25. The lowest BCUT2D eigenvalue weighted by Gasteiger charge is -2.20. The number of hydrogen-bond donors (Lipinski definition) is 1. The summed E-state index contributed by atoms with van der Waals surface area (Å²) in [6, 6.07) is 0.440. The Morgan fingerprint density at radius 2 is 2.25 bits per heavy atom. The smallest absolute Gasteiger partial charge is 0.203 e. The first kappa shape index (κ1) is 12.8. The predicted molar refractivity (Wildman–Crippen MR) is 69.7 cm³/mol. The molecular formula is C13H23N3. The molecule has 0 aliphatic heterocycles. The number of aromatic nitrogens is 2. The van der Waals surface area contributed by atoms with Crippen molar-refractivity contribution in [2.75, 3.05) is 5.32 Å². The molecule has 3 heteroatoms. The number of imidazole rings is 1. The van der Waals surface area contributed by atoms with E-state index >= 15 is 0 Å². The van der Waals surface area contributed by atoms with Crippen LogP contribution in [0.1, 0.15) is 32.9 Å². The normalized spacial score (nSPS) is 14.5. The van der Waals surface area contributed by atoms with E-state index < -0.39 is 0 Å². The van der Waals surface area contributed by atoms with Gasteiger partial charge in [0.2, 0.25) is 5.95 Å². The largest absolute Gasteiger partial charge is 0.353 e. The van der Waals surface area contributed by atoms with Crippen molar-refractivity contribution in [1.82, 2.24) is 9.55 Å². The minimum Gasteiger partial charge on any atom is -0.353 e. The van der Waals surface area contributed by atoms with Crippen LogP contribution >= 0.6 is 0 Å². The summed E-state index contributed by atoms with van der Waals surface area (Å²) >= 11 is 0. The van der Waals surface area contributed by atoms with Crippen molar-refractivity contribution in [2.45, 2.75) is 46.7 Å². The van der Waals surface area contributed by atoms with Gasteiger partial charge in [-0.15, -0.1) is 6.58 Å². The van der Waals surface area contributed by atoms with Crippen LogP contribution in [0.2, 0.25) is 0 Å². The molecule has 0 fully saturated rings. The fourth-order valence-electron chi connectivity index (χ4n) is 1.64. The predicted octanol–water partition coefficient (Wildman–Crippen LogP) is 3.22. The van der Waals surface area contributed by atoms with Crippen LogP contribution in [-0.4, -0.2) is 15.6 Å². The summed E-state index contributed by atoms with van der Waals surface area (Å²) in [4.78, 5) is 4.49. The topological polar surface area (TPSA) is 29.9 Å². The Labute approximate surface area is 98.6 Å². The van der Waals surface area contributed by atoms with E-state index in [1.54, 1.807) is 0 Å². The Balaban J connectivity index is 2.75. The highest BCUT2D eigenvalue weighted by molar-refractivity contribution is 5.30. The third kappa shape index (κ3) is 3.12. The molecule has 1 aromatic rings. The molecule has 0 spiro atoms. The number of hydrogen-bond acceptors (Lipinski definition) is 2. The number of aryl methyl sites for hydroxylation is 1. The van der Waals surface area contributed by atoms with Crippen molar-refractivity contribution in [3.05, 3.63) is 24.5 Å². The third-order valence-corrected chi connectivity index (χ3v) is 3.08. The third-order valence-electron chi connectivity index (χ3n) is 3.08. The molecule has 90 valence electrons. The lowest BCUT2D eigenvalue weighted by atomic mass is 10.0. The Morgan fingerprint density at radius 3 is 2.81 bits per heavy atom. The summed E-state index contributed by atoms with van der Waals surface area (Å²) in [5.41, 5.74) is 1.04. The fraction of sp³-hybridized carbons (Fsp3) is 0.615. The molecule has 0 saturated heterocycles. The van der Waals surface area contributed by atoms with Gasteiger partial charge >= 0.3 is 0 Å². The molecule has 0 amide bonds. The van der Waals surface area contributed by atoms with Gasteiger partial charge in [-0.1, -0.05) is 26.3 Å². The zero-order chi connectivity index (χ0) is 12.1. The Bertz CT molecular complexity index is 341. The molecule has 0 aliphatic carbocycles. The molecule has 0 radical (unpaired) electrons. The summed E-state index contributed by atoms with van der Waals surface area (Å²) in [7, 11) is 0. The van der Waals surface area contributed by atoms with Crippen molar-refractivity contribution in [1.29, 1.82) is 0 Å². The van der Waals surface area contributed by atoms with Crippen LogP contribution in [-0.2, 0) is 6.54 Å². The Kier molecular flexibility index (Phi) is 4.59. The molecule has 16 heavy (non-hydrogen) atoms. The van der Waals surface area contributed by atoms with E-state index in [4.69, 9.17) is 0 Å². The molecule has 1 N–H and O–H groups in total. The lowest BCUT2D eigenvalue weighted by molar-refractivity contribution is 0.490. The average molecular weight is 221 g/mol. The van der Waals surface area contributed by atoms with Gasteiger partial charge in [0, 0.05) is 18.8 Å². The van der Waals surface area contributed by atoms with Gasteiger partial charge in [-0.25, -0.2) is 4.98 Å².